The second kappa shape index (κ2) is 7.11. The van der Waals surface area contributed by atoms with Crippen molar-refractivity contribution in [3.63, 3.8) is 0 Å². The highest BCUT2D eigenvalue weighted by atomic mass is 35.5. The number of aryl methyl sites for hydroxylation is 2. The zero-order chi connectivity index (χ0) is 17.0. The van der Waals surface area contributed by atoms with Gasteiger partial charge in [0, 0.05) is 6.07 Å². The summed E-state index contributed by atoms with van der Waals surface area (Å²) in [6.45, 7) is 3.38. The van der Waals surface area contributed by atoms with Crippen LogP contribution in [-0.4, -0.2) is 17.4 Å². The van der Waals surface area contributed by atoms with Gasteiger partial charge in [-0.1, -0.05) is 29.8 Å². The SMILES string of the molecule is Cc1cc(C)c(NC(=O)COc2ccccc2[N+](=O)[O-])c(Cl)c1. The molecule has 7 heteroatoms. The van der Waals surface area contributed by atoms with Crippen LogP contribution >= 0.6 is 11.6 Å². The maximum atomic E-state index is 12.0. The first-order chi connectivity index (χ1) is 10.9. The summed E-state index contributed by atoms with van der Waals surface area (Å²) >= 11 is 6.12. The van der Waals surface area contributed by atoms with Crippen LogP contribution in [-0.2, 0) is 4.79 Å². The first-order valence-electron chi connectivity index (χ1n) is 6.81. The molecular weight excluding hydrogens is 320 g/mol. The van der Waals surface area contributed by atoms with Crippen LogP contribution in [0.5, 0.6) is 5.75 Å². The van der Waals surface area contributed by atoms with E-state index in [1.54, 1.807) is 12.1 Å². The second-order valence-electron chi connectivity index (χ2n) is 5.00. The van der Waals surface area contributed by atoms with E-state index in [1.807, 2.05) is 19.9 Å². The molecule has 0 spiro atoms. The number of ether oxygens (including phenoxy) is 1. The normalized spacial score (nSPS) is 10.2. The number of nitro groups is 1. The Hall–Kier alpha value is -2.60. The third-order valence-corrected chi connectivity index (χ3v) is 3.41. The average molecular weight is 335 g/mol. The van der Waals surface area contributed by atoms with E-state index >= 15 is 0 Å². The van der Waals surface area contributed by atoms with Crippen LogP contribution in [0.2, 0.25) is 5.02 Å². The zero-order valence-electron chi connectivity index (χ0n) is 12.6. The van der Waals surface area contributed by atoms with Crippen molar-refractivity contribution in [3.8, 4) is 5.75 Å². The van der Waals surface area contributed by atoms with Crippen LogP contribution in [0.3, 0.4) is 0 Å². The lowest BCUT2D eigenvalue weighted by Crippen LogP contribution is -2.21. The van der Waals surface area contributed by atoms with E-state index < -0.39 is 10.8 Å². The average Bonchev–Trinajstić information content (AvgIpc) is 2.49. The number of nitrogens with zero attached hydrogens (tertiary/aromatic N) is 1. The maximum absolute atomic E-state index is 12.0. The van der Waals surface area contributed by atoms with Gasteiger partial charge in [-0.05, 0) is 37.1 Å². The summed E-state index contributed by atoms with van der Waals surface area (Å²) in [5.41, 5.74) is 2.13. The van der Waals surface area contributed by atoms with Crippen molar-refractivity contribution in [1.29, 1.82) is 0 Å². The van der Waals surface area contributed by atoms with Crippen LogP contribution in [0.4, 0.5) is 11.4 Å². The lowest BCUT2D eigenvalue weighted by atomic mass is 10.1. The van der Waals surface area contributed by atoms with Gasteiger partial charge in [-0.25, -0.2) is 0 Å². The van der Waals surface area contributed by atoms with Crippen LogP contribution in [0.15, 0.2) is 36.4 Å². The summed E-state index contributed by atoms with van der Waals surface area (Å²) in [6.07, 6.45) is 0. The Morgan fingerprint density at radius 3 is 2.65 bits per heavy atom. The Morgan fingerprint density at radius 2 is 2.00 bits per heavy atom. The van der Waals surface area contributed by atoms with E-state index in [0.29, 0.717) is 10.7 Å². The Kier molecular flexibility index (Phi) is 5.18. The lowest BCUT2D eigenvalue weighted by Gasteiger charge is -2.12. The number of amides is 1. The van der Waals surface area contributed by atoms with Gasteiger partial charge in [0.05, 0.1) is 15.6 Å². The van der Waals surface area contributed by atoms with Gasteiger partial charge in [0.2, 0.25) is 0 Å². The number of carbonyl (C=O) groups excluding carboxylic acids is 1. The Morgan fingerprint density at radius 1 is 1.30 bits per heavy atom. The quantitative estimate of drug-likeness (QED) is 0.664. The summed E-state index contributed by atoms with van der Waals surface area (Å²) in [4.78, 5) is 22.3. The molecule has 1 N–H and O–H groups in total. The largest absolute Gasteiger partial charge is 0.477 e. The monoisotopic (exact) mass is 334 g/mol. The number of carbonyl (C=O) groups is 1. The molecule has 23 heavy (non-hydrogen) atoms. The third kappa shape index (κ3) is 4.20. The molecule has 0 aromatic heterocycles. The van der Waals surface area contributed by atoms with Gasteiger partial charge in [0.1, 0.15) is 0 Å². The van der Waals surface area contributed by atoms with E-state index in [9.17, 15) is 14.9 Å². The Balaban J connectivity index is 2.06. The number of halogens is 1. The zero-order valence-corrected chi connectivity index (χ0v) is 13.4. The third-order valence-electron chi connectivity index (χ3n) is 3.12. The number of benzene rings is 2. The molecule has 0 unspecified atom stereocenters. The molecule has 120 valence electrons. The molecule has 0 aliphatic heterocycles. The summed E-state index contributed by atoms with van der Waals surface area (Å²) in [7, 11) is 0. The molecule has 0 fully saturated rings. The number of anilines is 1. The van der Waals surface area contributed by atoms with Crippen molar-refractivity contribution in [2.75, 3.05) is 11.9 Å². The fourth-order valence-corrected chi connectivity index (χ4v) is 2.49. The molecule has 2 rings (SSSR count). The van der Waals surface area contributed by atoms with Crippen LogP contribution in [0.25, 0.3) is 0 Å². The predicted octanol–water partition coefficient (Wildman–Crippen LogP) is 3.88. The van der Waals surface area contributed by atoms with Gasteiger partial charge in [-0.2, -0.15) is 0 Å². The molecule has 0 aliphatic carbocycles. The van der Waals surface area contributed by atoms with E-state index in [-0.39, 0.29) is 18.0 Å². The number of hydrogen-bond donors (Lipinski definition) is 1. The number of rotatable bonds is 5. The first kappa shape index (κ1) is 16.8. The van der Waals surface area contributed by atoms with Crippen LogP contribution in [0.1, 0.15) is 11.1 Å². The minimum absolute atomic E-state index is 0.0411. The molecule has 0 radical (unpaired) electrons. The molecule has 0 atom stereocenters. The van der Waals surface area contributed by atoms with E-state index in [1.165, 1.54) is 18.2 Å². The molecule has 2 aromatic carbocycles. The summed E-state index contributed by atoms with van der Waals surface area (Å²) < 4.78 is 5.24. The summed E-state index contributed by atoms with van der Waals surface area (Å²) in [5, 5.41) is 14.0. The summed E-state index contributed by atoms with van der Waals surface area (Å²) in [6, 6.07) is 9.52. The van der Waals surface area contributed by atoms with Gasteiger partial charge in [-0.15, -0.1) is 0 Å². The topological polar surface area (TPSA) is 81.5 Å². The molecule has 0 aliphatic rings. The van der Waals surface area contributed by atoms with Crippen molar-refractivity contribution in [2.45, 2.75) is 13.8 Å². The minimum Gasteiger partial charge on any atom is -0.477 e. The van der Waals surface area contributed by atoms with Gasteiger partial charge >= 0.3 is 5.69 Å². The molecule has 1 amide bonds. The van der Waals surface area contributed by atoms with Crippen LogP contribution in [0, 0.1) is 24.0 Å². The van der Waals surface area contributed by atoms with E-state index in [2.05, 4.69) is 5.32 Å². The summed E-state index contributed by atoms with van der Waals surface area (Å²) in [5.74, 6) is -0.406. The molecular formula is C16H15ClN2O4. The smallest absolute Gasteiger partial charge is 0.310 e. The number of nitro benzene ring substituents is 1. The van der Waals surface area contributed by atoms with Gasteiger partial charge in [0.15, 0.2) is 12.4 Å². The molecule has 6 nitrogen and oxygen atoms in total. The fraction of sp³-hybridized carbons (Fsp3) is 0.188. The first-order valence-corrected chi connectivity index (χ1v) is 7.19. The lowest BCUT2D eigenvalue weighted by molar-refractivity contribution is -0.385. The molecule has 0 saturated heterocycles. The molecule has 0 heterocycles. The predicted molar refractivity (Wildman–Crippen MR) is 88.1 cm³/mol. The standard InChI is InChI=1S/C16H15ClN2O4/c1-10-7-11(2)16(12(17)8-10)18-15(20)9-23-14-6-4-3-5-13(14)19(21)22/h3-8H,9H2,1-2H3,(H,18,20). The molecule has 0 saturated carbocycles. The van der Waals surface area contributed by atoms with Crippen LogP contribution < -0.4 is 10.1 Å². The second-order valence-corrected chi connectivity index (χ2v) is 5.41. The highest BCUT2D eigenvalue weighted by Gasteiger charge is 2.16. The van der Waals surface area contributed by atoms with Crippen molar-refractivity contribution < 1.29 is 14.5 Å². The molecule has 0 bridgehead atoms. The minimum atomic E-state index is -0.561. The Bertz CT molecular complexity index is 738. The highest BCUT2D eigenvalue weighted by Crippen LogP contribution is 2.28. The molecule has 2 aromatic rings. The highest BCUT2D eigenvalue weighted by molar-refractivity contribution is 6.34. The van der Waals surface area contributed by atoms with Gasteiger partial charge < -0.3 is 10.1 Å². The van der Waals surface area contributed by atoms with Crippen molar-refractivity contribution in [3.05, 3.63) is 62.7 Å². The fourth-order valence-electron chi connectivity index (χ4n) is 2.12. The number of hydrogen-bond acceptors (Lipinski definition) is 4. The van der Waals surface area contributed by atoms with Gasteiger partial charge in [-0.3, -0.25) is 14.9 Å². The van der Waals surface area contributed by atoms with E-state index in [0.717, 1.165) is 11.1 Å². The van der Waals surface area contributed by atoms with Crippen molar-refractivity contribution >= 4 is 28.9 Å². The maximum Gasteiger partial charge on any atom is 0.310 e. The Labute approximate surface area is 138 Å². The number of para-hydroxylation sites is 2. The number of nitrogens with one attached hydrogen (secondary N) is 1. The van der Waals surface area contributed by atoms with Gasteiger partial charge in [0.25, 0.3) is 5.91 Å². The van der Waals surface area contributed by atoms with E-state index in [4.69, 9.17) is 16.3 Å². The van der Waals surface area contributed by atoms with Crippen molar-refractivity contribution in [2.24, 2.45) is 0 Å². The van der Waals surface area contributed by atoms with Crippen molar-refractivity contribution in [1.82, 2.24) is 0 Å².